The largest absolute Gasteiger partial charge is 0.0533 e. The van der Waals surface area contributed by atoms with E-state index in [1.54, 1.807) is 70.6 Å². The van der Waals surface area contributed by atoms with E-state index in [0.717, 1.165) is 17.3 Å². The highest BCUT2D eigenvalue weighted by molar-refractivity contribution is 4.98. The minimum atomic E-state index is 0.854. The summed E-state index contributed by atoms with van der Waals surface area (Å²) < 4.78 is 0. The highest BCUT2D eigenvalue weighted by atomic mass is 14.5. The molecule has 0 aromatic carbocycles. The second-order valence-electron chi connectivity index (χ2n) is 6.40. The van der Waals surface area contributed by atoms with Crippen LogP contribution in [0.4, 0.5) is 0 Å². The Bertz CT molecular complexity index is 202. The molecule has 0 aliphatic heterocycles. The van der Waals surface area contributed by atoms with Gasteiger partial charge in [-0.25, -0.2) is 0 Å². The number of hydrogen-bond acceptors (Lipinski definition) is 0. The second kappa shape index (κ2) is 4.11. The molecule has 3 aliphatic rings. The summed E-state index contributed by atoms with van der Waals surface area (Å²) in [5.74, 6) is 2.30. The third kappa shape index (κ3) is 1.65. The van der Waals surface area contributed by atoms with Gasteiger partial charge in [0.05, 0.1) is 0 Å². The first-order valence-corrected chi connectivity index (χ1v) is 7.42. The molecular formula is C15H26. The SMILES string of the molecule is C1CCC(C2CCCC2)(C2CCC2)CC1. The van der Waals surface area contributed by atoms with Crippen molar-refractivity contribution in [3.8, 4) is 0 Å². The summed E-state index contributed by atoms with van der Waals surface area (Å²) >= 11 is 0. The zero-order chi connectivity index (χ0) is 10.1. The maximum atomic E-state index is 1.60. The van der Waals surface area contributed by atoms with Gasteiger partial charge in [0.15, 0.2) is 0 Å². The van der Waals surface area contributed by atoms with Crippen molar-refractivity contribution in [3.05, 3.63) is 0 Å². The molecule has 3 fully saturated rings. The van der Waals surface area contributed by atoms with E-state index in [9.17, 15) is 0 Å². The summed E-state index contributed by atoms with van der Waals surface area (Å²) in [5.41, 5.74) is 0.854. The standard InChI is InChI=1S/C15H26/c1-4-11-15(12-5-1,14-9-6-10-14)13-7-2-3-8-13/h13-14H,1-12H2. The van der Waals surface area contributed by atoms with Crippen LogP contribution < -0.4 is 0 Å². The lowest BCUT2D eigenvalue weighted by atomic mass is 9.53. The topological polar surface area (TPSA) is 0 Å². The van der Waals surface area contributed by atoms with Crippen LogP contribution in [0.25, 0.3) is 0 Å². The average molecular weight is 206 g/mol. The van der Waals surface area contributed by atoms with E-state index >= 15 is 0 Å². The third-order valence-corrected chi connectivity index (χ3v) is 5.87. The zero-order valence-electron chi connectivity index (χ0n) is 10.1. The van der Waals surface area contributed by atoms with Crippen molar-refractivity contribution in [3.63, 3.8) is 0 Å². The summed E-state index contributed by atoms with van der Waals surface area (Å²) in [6, 6.07) is 0. The normalized spacial score (nSPS) is 32.8. The monoisotopic (exact) mass is 206 g/mol. The fraction of sp³-hybridized carbons (Fsp3) is 1.00. The Labute approximate surface area is 94.8 Å². The van der Waals surface area contributed by atoms with Crippen molar-refractivity contribution < 1.29 is 0 Å². The first kappa shape index (κ1) is 10.2. The van der Waals surface area contributed by atoms with E-state index in [-0.39, 0.29) is 0 Å². The molecule has 0 heterocycles. The van der Waals surface area contributed by atoms with Gasteiger partial charge in [0.25, 0.3) is 0 Å². The Kier molecular flexibility index (Phi) is 2.79. The molecule has 0 radical (unpaired) electrons. The lowest BCUT2D eigenvalue weighted by molar-refractivity contribution is -0.0149. The van der Waals surface area contributed by atoms with Gasteiger partial charge in [-0.2, -0.15) is 0 Å². The fourth-order valence-corrected chi connectivity index (χ4v) is 4.84. The maximum Gasteiger partial charge on any atom is -0.0241 e. The van der Waals surface area contributed by atoms with Crippen LogP contribution in [-0.2, 0) is 0 Å². The Balaban J connectivity index is 1.78. The van der Waals surface area contributed by atoms with E-state index < -0.39 is 0 Å². The lowest BCUT2D eigenvalue weighted by Crippen LogP contribution is -2.42. The predicted octanol–water partition coefficient (Wildman–Crippen LogP) is 4.93. The first-order valence-electron chi connectivity index (χ1n) is 7.42. The minimum absolute atomic E-state index is 0.854. The van der Waals surface area contributed by atoms with Crippen molar-refractivity contribution in [2.75, 3.05) is 0 Å². The van der Waals surface area contributed by atoms with Gasteiger partial charge in [0, 0.05) is 0 Å². The van der Waals surface area contributed by atoms with Crippen molar-refractivity contribution in [1.82, 2.24) is 0 Å². The molecule has 0 bridgehead atoms. The summed E-state index contributed by atoms with van der Waals surface area (Å²) in [5, 5.41) is 0. The van der Waals surface area contributed by atoms with Gasteiger partial charge in [0.1, 0.15) is 0 Å². The number of rotatable bonds is 2. The summed E-state index contributed by atoms with van der Waals surface area (Å²) in [6.45, 7) is 0. The Morgan fingerprint density at radius 2 is 1.07 bits per heavy atom. The molecule has 3 rings (SSSR count). The molecule has 0 aromatic heterocycles. The molecule has 3 aliphatic carbocycles. The van der Waals surface area contributed by atoms with E-state index in [4.69, 9.17) is 0 Å². The van der Waals surface area contributed by atoms with Gasteiger partial charge in [-0.1, -0.05) is 38.5 Å². The summed E-state index contributed by atoms with van der Waals surface area (Å²) in [6.07, 6.45) is 18.8. The van der Waals surface area contributed by atoms with Crippen LogP contribution in [-0.4, -0.2) is 0 Å². The molecule has 0 aromatic rings. The van der Waals surface area contributed by atoms with Gasteiger partial charge >= 0.3 is 0 Å². The molecule has 0 saturated heterocycles. The molecular weight excluding hydrogens is 180 g/mol. The van der Waals surface area contributed by atoms with Crippen LogP contribution in [0.15, 0.2) is 0 Å². The predicted molar refractivity (Wildman–Crippen MR) is 64.8 cm³/mol. The molecule has 0 atom stereocenters. The Morgan fingerprint density at radius 3 is 1.53 bits per heavy atom. The first-order chi connectivity index (χ1) is 7.42. The van der Waals surface area contributed by atoms with Crippen molar-refractivity contribution in [2.24, 2.45) is 17.3 Å². The molecule has 0 spiro atoms. The van der Waals surface area contributed by atoms with E-state index in [1.165, 1.54) is 6.42 Å². The molecule has 0 nitrogen and oxygen atoms in total. The Morgan fingerprint density at radius 1 is 0.533 bits per heavy atom. The van der Waals surface area contributed by atoms with Gasteiger partial charge in [-0.3, -0.25) is 0 Å². The van der Waals surface area contributed by atoms with Crippen LogP contribution in [0.1, 0.15) is 77.0 Å². The third-order valence-electron chi connectivity index (χ3n) is 5.87. The summed E-state index contributed by atoms with van der Waals surface area (Å²) in [4.78, 5) is 0. The summed E-state index contributed by atoms with van der Waals surface area (Å²) in [7, 11) is 0. The highest BCUT2D eigenvalue weighted by Crippen LogP contribution is 2.58. The van der Waals surface area contributed by atoms with Crippen LogP contribution in [0, 0.1) is 17.3 Å². The van der Waals surface area contributed by atoms with Gasteiger partial charge in [0.2, 0.25) is 0 Å². The van der Waals surface area contributed by atoms with Crippen LogP contribution in [0.5, 0.6) is 0 Å². The Hall–Kier alpha value is 0. The van der Waals surface area contributed by atoms with Gasteiger partial charge < -0.3 is 0 Å². The van der Waals surface area contributed by atoms with E-state index in [2.05, 4.69) is 0 Å². The fourth-order valence-electron chi connectivity index (χ4n) is 4.84. The van der Waals surface area contributed by atoms with Gasteiger partial charge in [-0.15, -0.1) is 0 Å². The quantitative estimate of drug-likeness (QED) is 0.601. The second-order valence-corrected chi connectivity index (χ2v) is 6.40. The molecule has 15 heavy (non-hydrogen) atoms. The molecule has 0 heteroatoms. The maximum absolute atomic E-state index is 1.60. The van der Waals surface area contributed by atoms with Crippen molar-refractivity contribution in [2.45, 2.75) is 77.0 Å². The van der Waals surface area contributed by atoms with E-state index in [0.29, 0.717) is 0 Å². The number of hydrogen-bond donors (Lipinski definition) is 0. The zero-order valence-corrected chi connectivity index (χ0v) is 10.1. The smallest absolute Gasteiger partial charge is 0.0241 e. The minimum Gasteiger partial charge on any atom is -0.0533 e. The van der Waals surface area contributed by atoms with Crippen molar-refractivity contribution in [1.29, 1.82) is 0 Å². The molecule has 0 N–H and O–H groups in total. The molecule has 86 valence electrons. The van der Waals surface area contributed by atoms with Crippen molar-refractivity contribution >= 4 is 0 Å². The van der Waals surface area contributed by atoms with Crippen LogP contribution in [0.2, 0.25) is 0 Å². The average Bonchev–Trinajstić information content (AvgIpc) is 2.69. The highest BCUT2D eigenvalue weighted by Gasteiger charge is 2.47. The van der Waals surface area contributed by atoms with Crippen LogP contribution >= 0.6 is 0 Å². The van der Waals surface area contributed by atoms with E-state index in [1.807, 2.05) is 0 Å². The lowest BCUT2D eigenvalue weighted by Gasteiger charge is -2.52. The van der Waals surface area contributed by atoms with Crippen LogP contribution in [0.3, 0.4) is 0 Å². The van der Waals surface area contributed by atoms with Gasteiger partial charge in [-0.05, 0) is 55.8 Å². The molecule has 0 unspecified atom stereocenters. The molecule has 0 amide bonds. The molecule has 3 saturated carbocycles.